The lowest BCUT2D eigenvalue weighted by Gasteiger charge is -2.22. The molecule has 0 bridgehead atoms. The maximum Gasteiger partial charge on any atom is 0.301 e. The smallest absolute Gasteiger partial charge is 0.301 e. The number of aliphatic hydroxyl groups excluding tert-OH is 1. The number of imidazole rings is 1. The fourth-order valence-electron chi connectivity index (χ4n) is 3.99. The van der Waals surface area contributed by atoms with E-state index >= 15 is 0 Å². The molecule has 1 fully saturated rings. The molecule has 1 aliphatic rings. The molecular formula is C23H18N4O3S. The number of hydrogen-bond acceptors (Lipinski definition) is 6. The predicted molar refractivity (Wildman–Crippen MR) is 118 cm³/mol. The number of benzene rings is 1. The molecule has 0 aliphatic carbocycles. The molecule has 1 unspecified atom stereocenters. The van der Waals surface area contributed by atoms with E-state index in [4.69, 9.17) is 0 Å². The van der Waals surface area contributed by atoms with Crippen LogP contribution >= 0.6 is 11.3 Å². The number of pyridine rings is 1. The Bertz CT molecular complexity index is 1360. The van der Waals surface area contributed by atoms with Gasteiger partial charge in [0, 0.05) is 17.8 Å². The largest absolute Gasteiger partial charge is 0.505 e. The van der Waals surface area contributed by atoms with Gasteiger partial charge in [-0.25, -0.2) is 9.97 Å². The number of Topliss-reactive ketones (excluding diaryl/α,β-unsaturated/α-hetero) is 1. The van der Waals surface area contributed by atoms with E-state index < -0.39 is 17.7 Å². The monoisotopic (exact) mass is 430 g/mol. The van der Waals surface area contributed by atoms with E-state index in [-0.39, 0.29) is 17.0 Å². The highest BCUT2D eigenvalue weighted by Gasteiger charge is 2.48. The number of hydrogen-bond donors (Lipinski definition) is 1. The second-order valence-electron chi connectivity index (χ2n) is 7.33. The first kappa shape index (κ1) is 19.2. The van der Waals surface area contributed by atoms with Gasteiger partial charge in [0.15, 0.2) is 10.9 Å². The summed E-state index contributed by atoms with van der Waals surface area (Å²) in [6, 6.07) is 12.2. The van der Waals surface area contributed by atoms with Gasteiger partial charge in [-0.05, 0) is 31.0 Å². The van der Waals surface area contributed by atoms with Gasteiger partial charge in [-0.1, -0.05) is 36.4 Å². The van der Waals surface area contributed by atoms with Crippen LogP contribution in [0.1, 0.15) is 28.6 Å². The first-order valence-corrected chi connectivity index (χ1v) is 10.6. The predicted octanol–water partition coefficient (Wildman–Crippen LogP) is 4.03. The molecule has 154 valence electrons. The van der Waals surface area contributed by atoms with Crippen LogP contribution in [0.3, 0.4) is 0 Å². The summed E-state index contributed by atoms with van der Waals surface area (Å²) in [5.41, 5.74) is 3.31. The van der Waals surface area contributed by atoms with Crippen molar-refractivity contribution in [1.82, 2.24) is 14.4 Å². The summed E-state index contributed by atoms with van der Waals surface area (Å²) in [4.78, 5) is 36.3. The average molecular weight is 430 g/mol. The Morgan fingerprint density at radius 3 is 2.55 bits per heavy atom. The summed E-state index contributed by atoms with van der Waals surface area (Å²) in [5.74, 6) is -1.76. The number of rotatable bonds is 3. The van der Waals surface area contributed by atoms with E-state index in [1.807, 2.05) is 66.9 Å². The van der Waals surface area contributed by atoms with E-state index in [0.29, 0.717) is 22.0 Å². The molecule has 7 nitrogen and oxygen atoms in total. The van der Waals surface area contributed by atoms with E-state index in [0.717, 1.165) is 5.56 Å². The summed E-state index contributed by atoms with van der Waals surface area (Å²) in [5, 5.41) is 13.5. The van der Waals surface area contributed by atoms with Crippen LogP contribution in [0.2, 0.25) is 0 Å². The lowest BCUT2D eigenvalue weighted by Crippen LogP contribution is -2.29. The molecule has 1 aliphatic heterocycles. The number of amides is 1. The van der Waals surface area contributed by atoms with E-state index in [2.05, 4.69) is 9.97 Å². The second kappa shape index (κ2) is 7.17. The molecule has 0 saturated carbocycles. The van der Waals surface area contributed by atoms with Crippen molar-refractivity contribution >= 4 is 39.6 Å². The minimum atomic E-state index is -0.794. The van der Waals surface area contributed by atoms with Crippen molar-refractivity contribution in [3.05, 3.63) is 88.3 Å². The highest BCUT2D eigenvalue weighted by Crippen LogP contribution is 2.42. The Hall–Kier alpha value is -3.78. The summed E-state index contributed by atoms with van der Waals surface area (Å²) >= 11 is 1.26. The summed E-state index contributed by atoms with van der Waals surface area (Å²) in [6.45, 7) is 3.75. The highest BCUT2D eigenvalue weighted by molar-refractivity contribution is 7.14. The zero-order chi connectivity index (χ0) is 21.7. The Balaban J connectivity index is 1.77. The molecule has 3 aromatic heterocycles. The van der Waals surface area contributed by atoms with Gasteiger partial charge in [-0.2, -0.15) is 0 Å². The third-order valence-electron chi connectivity index (χ3n) is 5.49. The van der Waals surface area contributed by atoms with Gasteiger partial charge >= 0.3 is 5.91 Å². The number of anilines is 1. The number of carbonyl (C=O) groups is 2. The lowest BCUT2D eigenvalue weighted by atomic mass is 9.96. The van der Waals surface area contributed by atoms with Crippen LogP contribution in [0.4, 0.5) is 5.13 Å². The molecule has 1 amide bonds. The Labute approximate surface area is 181 Å². The van der Waals surface area contributed by atoms with Crippen molar-refractivity contribution in [3.8, 4) is 0 Å². The molecule has 1 saturated heterocycles. The maximum absolute atomic E-state index is 13.1. The molecule has 1 atom stereocenters. The first-order valence-electron chi connectivity index (χ1n) is 9.69. The van der Waals surface area contributed by atoms with Gasteiger partial charge < -0.3 is 9.51 Å². The normalized spacial score (nSPS) is 18.3. The molecule has 1 N–H and O–H groups in total. The minimum Gasteiger partial charge on any atom is -0.505 e. The molecular weight excluding hydrogens is 412 g/mol. The molecule has 0 spiro atoms. The number of ketones is 1. The third kappa shape index (κ3) is 2.87. The number of nitrogens with zero attached hydrogens (tertiary/aromatic N) is 4. The van der Waals surface area contributed by atoms with Crippen molar-refractivity contribution in [2.24, 2.45) is 0 Å². The number of fused-ring (bicyclic) bond motifs is 1. The van der Waals surface area contributed by atoms with E-state index in [1.165, 1.54) is 16.2 Å². The SMILES string of the molecule is Cc1cccn2c(C)c(/C(O)=C3\C(=O)C(=O)N(c4nccs4)C3c3ccccc3)nc12. The molecule has 31 heavy (non-hydrogen) atoms. The molecule has 4 aromatic rings. The molecule has 4 heterocycles. The average Bonchev–Trinajstić information content (AvgIpc) is 3.48. The summed E-state index contributed by atoms with van der Waals surface area (Å²) < 4.78 is 1.86. The van der Waals surface area contributed by atoms with Gasteiger partial charge in [0.1, 0.15) is 11.3 Å². The van der Waals surface area contributed by atoms with Gasteiger partial charge in [0.2, 0.25) is 0 Å². The van der Waals surface area contributed by atoms with E-state index in [9.17, 15) is 14.7 Å². The van der Waals surface area contributed by atoms with Crippen LogP contribution in [0.5, 0.6) is 0 Å². The molecule has 8 heteroatoms. The second-order valence-corrected chi connectivity index (χ2v) is 8.20. The quantitative estimate of drug-likeness (QED) is 0.301. The minimum absolute atomic E-state index is 0.00978. The lowest BCUT2D eigenvalue weighted by molar-refractivity contribution is -0.132. The zero-order valence-electron chi connectivity index (χ0n) is 16.8. The van der Waals surface area contributed by atoms with Crippen LogP contribution in [-0.4, -0.2) is 31.2 Å². The fourth-order valence-corrected chi connectivity index (χ4v) is 4.66. The summed E-state index contributed by atoms with van der Waals surface area (Å²) in [7, 11) is 0. The fraction of sp³-hybridized carbons (Fsp3) is 0.130. The van der Waals surface area contributed by atoms with Crippen LogP contribution in [-0.2, 0) is 9.59 Å². The number of aromatic nitrogens is 3. The van der Waals surface area contributed by atoms with Crippen LogP contribution in [0, 0.1) is 13.8 Å². The standard InChI is InChI=1S/C23H18N4O3S/c1-13-7-6-11-26-14(2)17(25-21(13)26)19(28)16-18(15-8-4-3-5-9-15)27(22(30)20(16)29)23-24-10-12-31-23/h3-12,18,28H,1-2H3/b19-16+. The Kier molecular flexibility index (Phi) is 4.44. The van der Waals surface area contributed by atoms with Gasteiger partial charge in [0.25, 0.3) is 5.78 Å². The van der Waals surface area contributed by atoms with Crippen molar-refractivity contribution in [2.75, 3.05) is 4.90 Å². The first-order chi connectivity index (χ1) is 15.0. The molecule has 5 rings (SSSR count). The highest BCUT2D eigenvalue weighted by atomic mass is 32.1. The third-order valence-corrected chi connectivity index (χ3v) is 6.26. The summed E-state index contributed by atoms with van der Waals surface area (Å²) in [6.07, 6.45) is 3.43. The maximum atomic E-state index is 13.1. The zero-order valence-corrected chi connectivity index (χ0v) is 17.6. The number of carbonyl (C=O) groups excluding carboxylic acids is 2. The Morgan fingerprint density at radius 1 is 1.10 bits per heavy atom. The number of thiazole rings is 1. The van der Waals surface area contributed by atoms with Crippen LogP contribution in [0.25, 0.3) is 11.4 Å². The van der Waals surface area contributed by atoms with Crippen molar-refractivity contribution in [3.63, 3.8) is 0 Å². The van der Waals surface area contributed by atoms with Gasteiger partial charge in [-0.3, -0.25) is 14.5 Å². The molecule has 0 radical (unpaired) electrons. The van der Waals surface area contributed by atoms with Crippen molar-refractivity contribution in [2.45, 2.75) is 19.9 Å². The van der Waals surface area contributed by atoms with Gasteiger partial charge in [0.05, 0.1) is 17.3 Å². The van der Waals surface area contributed by atoms with Crippen molar-refractivity contribution < 1.29 is 14.7 Å². The molecule has 1 aromatic carbocycles. The topological polar surface area (TPSA) is 87.8 Å². The van der Waals surface area contributed by atoms with Gasteiger partial charge in [-0.15, -0.1) is 11.3 Å². The van der Waals surface area contributed by atoms with Crippen LogP contribution in [0.15, 0.2) is 65.8 Å². The number of aryl methyl sites for hydroxylation is 2. The number of aliphatic hydroxyl groups is 1. The Morgan fingerprint density at radius 2 is 1.87 bits per heavy atom. The van der Waals surface area contributed by atoms with Crippen LogP contribution < -0.4 is 4.90 Å². The van der Waals surface area contributed by atoms with Crippen molar-refractivity contribution in [1.29, 1.82) is 0 Å². The van der Waals surface area contributed by atoms with E-state index in [1.54, 1.807) is 11.6 Å².